The number of halogens is 2. The molecule has 3 atom stereocenters. The number of nitrogens with one attached hydrogen (secondary N) is 2. The third-order valence-corrected chi connectivity index (χ3v) is 8.42. The normalized spacial score (nSPS) is 21.4. The van der Waals surface area contributed by atoms with Crippen LogP contribution in [0.2, 0.25) is 0 Å². The van der Waals surface area contributed by atoms with Gasteiger partial charge in [-0.2, -0.15) is 0 Å². The van der Waals surface area contributed by atoms with Gasteiger partial charge < -0.3 is 14.5 Å². The van der Waals surface area contributed by atoms with Gasteiger partial charge in [-0.15, -0.1) is 0 Å². The van der Waals surface area contributed by atoms with Gasteiger partial charge >= 0.3 is 6.09 Å². The second-order valence-electron chi connectivity index (χ2n) is 12.4. The standard InChI is InChI=1S/C27H39F2N3O4S/c1-25(2,3)36-24(33)31-22(17-11-13-27(28,29)14-12-17)23-30-19-15-18(9-10-20(19)35-23)21(16-7-8-16)32-37(34)26(4,5)6/h9-10,15-17,21-22,32H,7-8,11-14H2,1-6H3,(H,31,33)/t21?,22-,37?/m0/s1. The number of carbonyl (C=O) groups excluding carboxylic acids is 1. The molecule has 37 heavy (non-hydrogen) atoms. The number of amides is 1. The van der Waals surface area contributed by atoms with Gasteiger partial charge in [0.1, 0.15) is 17.2 Å². The van der Waals surface area contributed by atoms with Crippen molar-refractivity contribution in [3.8, 4) is 0 Å². The fourth-order valence-corrected chi connectivity index (χ4v) is 5.57. The summed E-state index contributed by atoms with van der Waals surface area (Å²) in [6.07, 6.45) is 1.49. The van der Waals surface area contributed by atoms with Gasteiger partial charge in [-0.3, -0.25) is 0 Å². The maximum Gasteiger partial charge on any atom is 0.408 e. The van der Waals surface area contributed by atoms with E-state index in [0.717, 1.165) is 18.4 Å². The fraction of sp³-hybridized carbons (Fsp3) is 0.704. The van der Waals surface area contributed by atoms with E-state index in [0.29, 0.717) is 17.0 Å². The predicted molar refractivity (Wildman–Crippen MR) is 140 cm³/mol. The van der Waals surface area contributed by atoms with Crippen LogP contribution in [0.5, 0.6) is 0 Å². The van der Waals surface area contributed by atoms with Crippen LogP contribution in [-0.4, -0.2) is 31.6 Å². The zero-order chi connectivity index (χ0) is 27.2. The van der Waals surface area contributed by atoms with Crippen molar-refractivity contribution in [2.75, 3.05) is 0 Å². The fourth-order valence-electron chi connectivity index (χ4n) is 4.66. The first-order chi connectivity index (χ1) is 17.1. The number of fused-ring (bicyclic) bond motifs is 1. The Morgan fingerprint density at radius 3 is 2.27 bits per heavy atom. The Morgan fingerprint density at radius 1 is 1.08 bits per heavy atom. The van der Waals surface area contributed by atoms with Crippen LogP contribution >= 0.6 is 0 Å². The molecule has 2 aromatic rings. The lowest BCUT2D eigenvalue weighted by molar-refractivity contribution is -0.0509. The zero-order valence-electron chi connectivity index (χ0n) is 22.5. The minimum Gasteiger partial charge on any atom is -0.444 e. The van der Waals surface area contributed by atoms with Gasteiger partial charge in [-0.25, -0.2) is 27.5 Å². The number of rotatable bonds is 7. The van der Waals surface area contributed by atoms with E-state index in [-0.39, 0.29) is 43.5 Å². The van der Waals surface area contributed by atoms with Crippen LogP contribution in [0.25, 0.3) is 11.1 Å². The van der Waals surface area contributed by atoms with Crippen LogP contribution in [0.3, 0.4) is 0 Å². The van der Waals surface area contributed by atoms with Crippen LogP contribution in [0, 0.1) is 11.8 Å². The third-order valence-electron chi connectivity index (χ3n) is 6.84. The van der Waals surface area contributed by atoms with E-state index in [9.17, 15) is 17.8 Å². The predicted octanol–water partition coefficient (Wildman–Crippen LogP) is 6.72. The van der Waals surface area contributed by atoms with E-state index in [1.165, 1.54) is 0 Å². The van der Waals surface area contributed by atoms with Gasteiger partial charge in [0.25, 0.3) is 0 Å². The van der Waals surface area contributed by atoms with Crippen molar-refractivity contribution in [2.45, 2.75) is 108 Å². The molecule has 0 radical (unpaired) electrons. The molecule has 0 spiro atoms. The van der Waals surface area contributed by atoms with Gasteiger partial charge in [0.05, 0.1) is 15.7 Å². The van der Waals surface area contributed by atoms with Crippen LogP contribution in [-0.2, 0) is 15.7 Å². The van der Waals surface area contributed by atoms with Crippen LogP contribution in [0.1, 0.15) is 104 Å². The first kappa shape index (κ1) is 28.0. The van der Waals surface area contributed by atoms with E-state index < -0.39 is 39.4 Å². The molecule has 2 saturated carbocycles. The summed E-state index contributed by atoms with van der Waals surface area (Å²) in [5, 5.41) is 2.84. The second-order valence-corrected chi connectivity index (χ2v) is 14.4. The molecule has 2 fully saturated rings. The summed E-state index contributed by atoms with van der Waals surface area (Å²) in [5.74, 6) is -2.26. The molecule has 2 N–H and O–H groups in total. The summed E-state index contributed by atoms with van der Waals surface area (Å²) in [6, 6.07) is 4.95. The van der Waals surface area contributed by atoms with E-state index in [4.69, 9.17) is 14.1 Å². The van der Waals surface area contributed by atoms with E-state index >= 15 is 0 Å². The molecule has 2 aliphatic carbocycles. The maximum absolute atomic E-state index is 13.9. The Morgan fingerprint density at radius 2 is 1.70 bits per heavy atom. The maximum atomic E-state index is 13.9. The van der Waals surface area contributed by atoms with Crippen molar-refractivity contribution in [1.29, 1.82) is 0 Å². The average Bonchev–Trinajstić information content (AvgIpc) is 3.51. The Kier molecular flexibility index (Phi) is 7.74. The lowest BCUT2D eigenvalue weighted by Crippen LogP contribution is -2.40. The highest BCUT2D eigenvalue weighted by Gasteiger charge is 2.41. The highest BCUT2D eigenvalue weighted by atomic mass is 32.2. The van der Waals surface area contributed by atoms with E-state index in [2.05, 4.69) is 10.0 Å². The van der Waals surface area contributed by atoms with Gasteiger partial charge in [0, 0.05) is 18.9 Å². The quantitative estimate of drug-likeness (QED) is 0.407. The SMILES string of the molecule is CC(C)(C)OC(=O)N[C@H](c1nc2cc(C(NS(=O)C(C)(C)C)C3CC3)ccc2o1)C1CCC(F)(F)CC1. The molecule has 7 nitrogen and oxygen atoms in total. The number of benzene rings is 1. The summed E-state index contributed by atoms with van der Waals surface area (Å²) in [7, 11) is -1.23. The number of hydrogen-bond donors (Lipinski definition) is 2. The lowest BCUT2D eigenvalue weighted by Gasteiger charge is -2.33. The molecular weight excluding hydrogens is 500 g/mol. The first-order valence-corrected chi connectivity index (χ1v) is 14.2. The summed E-state index contributed by atoms with van der Waals surface area (Å²) in [5.41, 5.74) is 1.42. The molecule has 2 aliphatic rings. The lowest BCUT2D eigenvalue weighted by atomic mass is 9.82. The number of nitrogens with zero attached hydrogens (tertiary/aromatic N) is 1. The van der Waals surface area contributed by atoms with Crippen LogP contribution in [0.4, 0.5) is 13.6 Å². The van der Waals surface area contributed by atoms with Crippen LogP contribution in [0.15, 0.2) is 22.6 Å². The molecule has 1 heterocycles. The molecule has 1 aromatic heterocycles. The van der Waals surface area contributed by atoms with Crippen LogP contribution < -0.4 is 10.0 Å². The van der Waals surface area contributed by atoms with Crippen molar-refractivity contribution in [1.82, 2.24) is 15.0 Å². The van der Waals surface area contributed by atoms with Crippen molar-refractivity contribution in [2.24, 2.45) is 11.8 Å². The highest BCUT2D eigenvalue weighted by molar-refractivity contribution is 7.84. The average molecular weight is 540 g/mol. The molecule has 0 saturated heterocycles. The number of ether oxygens (including phenoxy) is 1. The second kappa shape index (κ2) is 10.2. The minimum absolute atomic E-state index is 0.0686. The van der Waals surface area contributed by atoms with Crippen molar-refractivity contribution < 1.29 is 26.9 Å². The topological polar surface area (TPSA) is 93.5 Å². The first-order valence-electron chi connectivity index (χ1n) is 13.1. The summed E-state index contributed by atoms with van der Waals surface area (Å²) < 4.78 is 55.0. The van der Waals surface area contributed by atoms with E-state index in [1.807, 2.05) is 39.0 Å². The Balaban J connectivity index is 1.61. The molecule has 0 bridgehead atoms. The third kappa shape index (κ3) is 7.28. The molecule has 206 valence electrons. The smallest absolute Gasteiger partial charge is 0.408 e. The molecule has 0 aliphatic heterocycles. The van der Waals surface area contributed by atoms with Gasteiger partial charge in [0.2, 0.25) is 11.8 Å². The largest absolute Gasteiger partial charge is 0.444 e. The number of alkyl carbamates (subject to hydrolysis) is 1. The molecule has 1 aromatic carbocycles. The summed E-state index contributed by atoms with van der Waals surface area (Å²) in [4.78, 5) is 17.3. The Hall–Kier alpha value is -2.07. The number of aromatic nitrogens is 1. The molecule has 10 heteroatoms. The zero-order valence-corrected chi connectivity index (χ0v) is 23.3. The molecular formula is C27H39F2N3O4S. The molecule has 2 unspecified atom stereocenters. The number of oxazole rings is 1. The van der Waals surface area contributed by atoms with Crippen molar-refractivity contribution >= 4 is 28.2 Å². The van der Waals surface area contributed by atoms with Gasteiger partial charge in [-0.1, -0.05) is 6.07 Å². The highest BCUT2D eigenvalue weighted by Crippen LogP contribution is 2.44. The Bertz CT molecular complexity index is 1140. The number of hydrogen-bond acceptors (Lipinski definition) is 5. The molecule has 1 amide bonds. The number of alkyl halides is 2. The van der Waals surface area contributed by atoms with Gasteiger partial charge in [0.15, 0.2) is 5.58 Å². The Labute approximate surface area is 220 Å². The molecule has 4 rings (SSSR count). The monoisotopic (exact) mass is 539 g/mol. The minimum atomic E-state index is -2.69. The van der Waals surface area contributed by atoms with E-state index in [1.54, 1.807) is 20.8 Å². The van der Waals surface area contributed by atoms with Crippen molar-refractivity contribution in [3.63, 3.8) is 0 Å². The van der Waals surface area contributed by atoms with Crippen molar-refractivity contribution in [3.05, 3.63) is 29.7 Å². The summed E-state index contributed by atoms with van der Waals surface area (Å²) in [6.45, 7) is 11.1. The van der Waals surface area contributed by atoms with Gasteiger partial charge in [-0.05, 0) is 96.8 Å². The summed E-state index contributed by atoms with van der Waals surface area (Å²) >= 11 is 0. The number of carbonyl (C=O) groups is 1.